The first kappa shape index (κ1) is 19.0. The lowest BCUT2D eigenvalue weighted by Gasteiger charge is -2.26. The summed E-state index contributed by atoms with van der Waals surface area (Å²) in [6.45, 7) is 2.39. The van der Waals surface area contributed by atoms with Gasteiger partial charge >= 0.3 is 5.97 Å². The number of hydrogen-bond donors (Lipinski definition) is 1. The number of rotatable bonds is 5. The highest BCUT2D eigenvalue weighted by molar-refractivity contribution is 5.94. The van der Waals surface area contributed by atoms with Gasteiger partial charge in [0.15, 0.2) is 0 Å². The molecule has 2 aromatic rings. The maximum Gasteiger partial charge on any atom is 0.337 e. The summed E-state index contributed by atoms with van der Waals surface area (Å²) >= 11 is 0. The average molecular weight is 388 g/mol. The van der Waals surface area contributed by atoms with Crippen molar-refractivity contribution in [3.63, 3.8) is 0 Å². The van der Waals surface area contributed by atoms with Crippen LogP contribution in [-0.4, -0.2) is 37.0 Å². The van der Waals surface area contributed by atoms with Crippen LogP contribution in [0.15, 0.2) is 66.4 Å². The van der Waals surface area contributed by atoms with Gasteiger partial charge in [-0.1, -0.05) is 24.3 Å². The predicted octanol–water partition coefficient (Wildman–Crippen LogP) is 3.26. The van der Waals surface area contributed by atoms with Crippen LogP contribution in [0, 0.1) is 0 Å². The van der Waals surface area contributed by atoms with Gasteiger partial charge in [-0.3, -0.25) is 4.79 Å². The van der Waals surface area contributed by atoms with E-state index in [0.717, 1.165) is 31.5 Å². The van der Waals surface area contributed by atoms with E-state index in [4.69, 9.17) is 4.74 Å². The Kier molecular flexibility index (Phi) is 5.47. The third kappa shape index (κ3) is 4.24. The fourth-order valence-corrected chi connectivity index (χ4v) is 3.68. The van der Waals surface area contributed by atoms with E-state index in [-0.39, 0.29) is 11.9 Å². The van der Waals surface area contributed by atoms with Gasteiger partial charge in [-0.05, 0) is 65.9 Å². The number of hydrogen-bond acceptors (Lipinski definition) is 4. The van der Waals surface area contributed by atoms with E-state index in [0.29, 0.717) is 17.7 Å². The summed E-state index contributed by atoms with van der Waals surface area (Å²) in [5.74, 6) is -0.454. The van der Waals surface area contributed by atoms with Crippen LogP contribution in [0.5, 0.6) is 0 Å². The summed E-state index contributed by atoms with van der Waals surface area (Å²) in [5, 5.41) is 2.96. The molecule has 0 fully saturated rings. The molecule has 0 saturated carbocycles. The highest BCUT2D eigenvalue weighted by Gasteiger charge is 2.17. The van der Waals surface area contributed by atoms with Gasteiger partial charge < -0.3 is 15.0 Å². The molecular weight excluding hydrogens is 364 g/mol. The molecule has 5 nitrogen and oxygen atoms in total. The van der Waals surface area contributed by atoms with Gasteiger partial charge in [0.1, 0.15) is 0 Å². The highest BCUT2D eigenvalue weighted by atomic mass is 16.5. The number of allylic oxidation sites excluding steroid dienone is 3. The van der Waals surface area contributed by atoms with Crippen LogP contribution in [0.2, 0.25) is 0 Å². The molecule has 4 rings (SSSR count). The molecule has 0 aromatic heterocycles. The Balaban J connectivity index is 1.37. The third-order valence-corrected chi connectivity index (χ3v) is 5.50. The summed E-state index contributed by atoms with van der Waals surface area (Å²) in [4.78, 5) is 26.5. The second-order valence-electron chi connectivity index (χ2n) is 7.29. The van der Waals surface area contributed by atoms with Crippen LogP contribution >= 0.6 is 0 Å². The lowest BCUT2D eigenvalue weighted by Crippen LogP contribution is -2.26. The molecule has 2 aromatic carbocycles. The van der Waals surface area contributed by atoms with Crippen molar-refractivity contribution in [2.75, 3.05) is 20.2 Å². The Hall–Kier alpha value is -3.34. The summed E-state index contributed by atoms with van der Waals surface area (Å²) in [6.07, 6.45) is 8.30. The van der Waals surface area contributed by atoms with E-state index in [1.807, 2.05) is 24.3 Å². The molecule has 2 aliphatic rings. The van der Waals surface area contributed by atoms with E-state index in [2.05, 4.69) is 34.5 Å². The van der Waals surface area contributed by atoms with Gasteiger partial charge in [-0.25, -0.2) is 4.79 Å². The van der Waals surface area contributed by atoms with Crippen molar-refractivity contribution in [2.24, 2.45) is 0 Å². The Labute approximate surface area is 170 Å². The number of nitrogens with zero attached hydrogens (tertiary/aromatic N) is 1. The molecule has 0 radical (unpaired) electrons. The zero-order valence-electron chi connectivity index (χ0n) is 16.5. The van der Waals surface area contributed by atoms with Crippen molar-refractivity contribution in [3.8, 4) is 0 Å². The predicted molar refractivity (Wildman–Crippen MR) is 112 cm³/mol. The highest BCUT2D eigenvalue weighted by Crippen LogP contribution is 2.22. The molecule has 0 atom stereocenters. The van der Waals surface area contributed by atoms with E-state index < -0.39 is 0 Å². The molecule has 0 spiro atoms. The largest absolute Gasteiger partial charge is 0.465 e. The molecule has 1 amide bonds. The van der Waals surface area contributed by atoms with Crippen LogP contribution in [0.1, 0.15) is 37.4 Å². The van der Waals surface area contributed by atoms with Gasteiger partial charge in [-0.15, -0.1) is 0 Å². The fourth-order valence-electron chi connectivity index (χ4n) is 3.68. The summed E-state index contributed by atoms with van der Waals surface area (Å²) in [6, 6.07) is 13.1. The number of fused-ring (bicyclic) bond motifs is 1. The van der Waals surface area contributed by atoms with Gasteiger partial charge in [-0.2, -0.15) is 0 Å². The number of carbonyl (C=O) groups is 2. The van der Waals surface area contributed by atoms with Crippen molar-refractivity contribution in [1.29, 1.82) is 0 Å². The molecule has 5 heteroatoms. The van der Waals surface area contributed by atoms with Crippen molar-refractivity contribution < 1.29 is 14.3 Å². The Bertz CT molecular complexity index is 990. The molecule has 1 aliphatic heterocycles. The van der Waals surface area contributed by atoms with E-state index in [1.54, 1.807) is 12.1 Å². The molecule has 1 heterocycles. The van der Waals surface area contributed by atoms with Crippen LogP contribution in [-0.2, 0) is 24.1 Å². The first-order valence-corrected chi connectivity index (χ1v) is 9.84. The average Bonchev–Trinajstić information content (AvgIpc) is 2.93. The van der Waals surface area contributed by atoms with Gasteiger partial charge in [0.25, 0.3) is 5.91 Å². The van der Waals surface area contributed by atoms with Crippen LogP contribution in [0.25, 0.3) is 0 Å². The molecule has 1 aliphatic carbocycles. The number of amides is 1. The number of carbonyl (C=O) groups excluding carboxylic acids is 2. The van der Waals surface area contributed by atoms with Crippen molar-refractivity contribution >= 4 is 11.9 Å². The van der Waals surface area contributed by atoms with Crippen LogP contribution in [0.3, 0.4) is 0 Å². The molecular formula is C24H24N2O3. The maximum absolute atomic E-state index is 12.6. The number of ether oxygens (including phenoxy) is 1. The van der Waals surface area contributed by atoms with Gasteiger partial charge in [0.2, 0.25) is 0 Å². The van der Waals surface area contributed by atoms with Gasteiger partial charge in [0, 0.05) is 30.9 Å². The minimum Gasteiger partial charge on any atom is -0.465 e. The Morgan fingerprint density at radius 2 is 1.69 bits per heavy atom. The molecule has 1 N–H and O–H groups in total. The first-order valence-electron chi connectivity index (χ1n) is 9.84. The van der Waals surface area contributed by atoms with Gasteiger partial charge in [0.05, 0.1) is 12.7 Å². The molecule has 148 valence electrons. The molecule has 0 unspecified atom stereocenters. The van der Waals surface area contributed by atoms with E-state index in [1.165, 1.54) is 23.9 Å². The number of nitrogens with one attached hydrogen (secondary N) is 1. The monoisotopic (exact) mass is 388 g/mol. The van der Waals surface area contributed by atoms with Crippen molar-refractivity contribution in [1.82, 2.24) is 10.2 Å². The summed E-state index contributed by atoms with van der Waals surface area (Å²) < 4.78 is 4.70. The van der Waals surface area contributed by atoms with Crippen molar-refractivity contribution in [2.45, 2.75) is 19.4 Å². The minimum absolute atomic E-state index is 0.0874. The quantitative estimate of drug-likeness (QED) is 0.799. The van der Waals surface area contributed by atoms with Crippen LogP contribution < -0.4 is 5.32 Å². The normalized spacial score (nSPS) is 14.9. The molecule has 29 heavy (non-hydrogen) atoms. The second kappa shape index (κ2) is 8.35. The lowest BCUT2D eigenvalue weighted by atomic mass is 10.00. The SMILES string of the molecule is COC(=O)c1ccc(CNC(=O)c2ccc3c(c2)CCN(C2=CC=C2)CC3)cc1. The van der Waals surface area contributed by atoms with Crippen molar-refractivity contribution in [3.05, 3.63) is 94.2 Å². The summed E-state index contributed by atoms with van der Waals surface area (Å²) in [7, 11) is 1.36. The summed E-state index contributed by atoms with van der Waals surface area (Å²) in [5.41, 5.74) is 5.99. The number of benzene rings is 2. The first-order chi connectivity index (χ1) is 14.1. The standard InChI is InChI=1S/C24H24N2O3/c1-29-24(28)19-7-5-17(6-8-19)16-25-23(27)21-10-9-18-11-13-26(22-3-2-4-22)14-12-20(18)15-21/h2-10,15H,11-14,16H2,1H3,(H,25,27). The molecule has 0 saturated heterocycles. The minimum atomic E-state index is -0.367. The number of methoxy groups -OCH3 is 1. The molecule has 0 bridgehead atoms. The van der Waals surface area contributed by atoms with E-state index >= 15 is 0 Å². The third-order valence-electron chi connectivity index (χ3n) is 5.50. The lowest BCUT2D eigenvalue weighted by molar-refractivity contribution is 0.0600. The zero-order valence-corrected chi connectivity index (χ0v) is 16.5. The van der Waals surface area contributed by atoms with E-state index in [9.17, 15) is 9.59 Å². The van der Waals surface area contributed by atoms with Crippen LogP contribution in [0.4, 0.5) is 0 Å². The Morgan fingerprint density at radius 3 is 2.34 bits per heavy atom. The fraction of sp³-hybridized carbons (Fsp3) is 0.250. The maximum atomic E-state index is 12.6. The zero-order chi connectivity index (χ0) is 20.2. The smallest absolute Gasteiger partial charge is 0.337 e. The second-order valence-corrected chi connectivity index (χ2v) is 7.29. The number of esters is 1. The Morgan fingerprint density at radius 1 is 1.00 bits per heavy atom. The topological polar surface area (TPSA) is 58.6 Å².